The van der Waals surface area contributed by atoms with Gasteiger partial charge in [0.2, 0.25) is 0 Å². The fraction of sp³-hybridized carbons (Fsp3) is 0.308. The molecule has 0 radical (unpaired) electrons. The number of halogens is 4. The van der Waals surface area contributed by atoms with E-state index < -0.39 is 17.6 Å². The highest BCUT2D eigenvalue weighted by atomic mass is 32.1. The quantitative estimate of drug-likeness (QED) is 0.876. The molecule has 114 valence electrons. The molecule has 0 spiro atoms. The van der Waals surface area contributed by atoms with Crippen LogP contribution in [-0.2, 0) is 24.1 Å². The van der Waals surface area contributed by atoms with Crippen LogP contribution in [-0.4, -0.2) is 12.1 Å². The number of aromatic nitrogens is 1. The Bertz CT molecular complexity index is 640. The van der Waals surface area contributed by atoms with Crippen LogP contribution in [0.15, 0.2) is 18.2 Å². The minimum absolute atomic E-state index is 0.158. The first kappa shape index (κ1) is 15.9. The topological polar surface area (TPSA) is 48.1 Å². The van der Waals surface area contributed by atoms with Gasteiger partial charge in [-0.05, 0) is 12.1 Å². The van der Waals surface area contributed by atoms with Crippen LogP contribution < -0.4 is 5.73 Å². The molecule has 0 saturated carbocycles. The molecule has 0 bridgehead atoms. The molecule has 0 aliphatic heterocycles. The molecule has 1 aromatic heterocycles. The highest BCUT2D eigenvalue weighted by Gasteiger charge is 2.35. The highest BCUT2D eigenvalue weighted by Crippen LogP contribution is 2.37. The predicted molar refractivity (Wildman–Crippen MR) is 71.1 cm³/mol. The Hall–Kier alpha value is -1.51. The lowest BCUT2D eigenvalue weighted by Gasteiger charge is -2.09. The second-order valence-corrected chi connectivity index (χ2v) is 5.27. The average Bonchev–Trinajstić information content (AvgIpc) is 2.81. The van der Waals surface area contributed by atoms with Gasteiger partial charge in [0.1, 0.15) is 10.8 Å². The van der Waals surface area contributed by atoms with E-state index in [1.54, 1.807) is 0 Å². The number of ether oxygens (including phenoxy) is 1. The van der Waals surface area contributed by atoms with Crippen molar-refractivity contribution in [1.82, 2.24) is 4.98 Å². The molecule has 1 aromatic carbocycles. The van der Waals surface area contributed by atoms with E-state index in [9.17, 15) is 17.6 Å². The first-order chi connectivity index (χ1) is 9.88. The van der Waals surface area contributed by atoms with Crippen LogP contribution >= 0.6 is 11.3 Å². The second-order valence-electron chi connectivity index (χ2n) is 4.19. The number of hydrogen-bond donors (Lipinski definition) is 1. The molecule has 8 heteroatoms. The number of thiazole rings is 1. The molecule has 0 unspecified atom stereocenters. The molecular weight excluding hydrogens is 308 g/mol. The molecule has 21 heavy (non-hydrogen) atoms. The third kappa shape index (κ3) is 3.22. The van der Waals surface area contributed by atoms with E-state index in [1.165, 1.54) is 13.2 Å². The van der Waals surface area contributed by atoms with E-state index in [1.807, 2.05) is 0 Å². The van der Waals surface area contributed by atoms with Crippen LogP contribution in [0.2, 0.25) is 0 Å². The van der Waals surface area contributed by atoms with Gasteiger partial charge in [-0.1, -0.05) is 6.07 Å². The van der Waals surface area contributed by atoms with Gasteiger partial charge in [-0.25, -0.2) is 9.37 Å². The van der Waals surface area contributed by atoms with Gasteiger partial charge in [0.05, 0.1) is 17.9 Å². The standard InChI is InChI=1S/C13H12F4N2OS/c1-20-6-9-10(5-18)21-12(19-9)7-3-2-4-8(11(7)14)13(15,16)17/h2-4H,5-6,18H2,1H3. The van der Waals surface area contributed by atoms with Gasteiger partial charge in [0, 0.05) is 24.1 Å². The van der Waals surface area contributed by atoms with Crippen LogP contribution in [0.3, 0.4) is 0 Å². The lowest BCUT2D eigenvalue weighted by atomic mass is 10.1. The monoisotopic (exact) mass is 320 g/mol. The van der Waals surface area contributed by atoms with Gasteiger partial charge in [-0.3, -0.25) is 0 Å². The van der Waals surface area contributed by atoms with Crippen LogP contribution in [0, 0.1) is 5.82 Å². The zero-order valence-electron chi connectivity index (χ0n) is 11.0. The van der Waals surface area contributed by atoms with Crippen molar-refractivity contribution >= 4 is 11.3 Å². The number of methoxy groups -OCH3 is 1. The van der Waals surface area contributed by atoms with Crippen molar-refractivity contribution in [2.75, 3.05) is 7.11 Å². The zero-order chi connectivity index (χ0) is 15.6. The van der Waals surface area contributed by atoms with E-state index >= 15 is 0 Å². The van der Waals surface area contributed by atoms with Gasteiger partial charge in [-0.15, -0.1) is 11.3 Å². The third-order valence-corrected chi connectivity index (χ3v) is 3.93. The number of nitrogens with zero attached hydrogens (tertiary/aromatic N) is 1. The Morgan fingerprint density at radius 3 is 2.62 bits per heavy atom. The van der Waals surface area contributed by atoms with E-state index in [0.717, 1.165) is 17.4 Å². The summed E-state index contributed by atoms with van der Waals surface area (Å²) in [7, 11) is 1.46. The highest BCUT2D eigenvalue weighted by molar-refractivity contribution is 7.15. The van der Waals surface area contributed by atoms with Crippen molar-refractivity contribution in [3.8, 4) is 10.6 Å². The van der Waals surface area contributed by atoms with E-state index in [4.69, 9.17) is 10.5 Å². The third-order valence-electron chi connectivity index (χ3n) is 2.78. The Kier molecular flexibility index (Phi) is 4.60. The van der Waals surface area contributed by atoms with Gasteiger partial charge in [0.25, 0.3) is 0 Å². The molecule has 0 fully saturated rings. The number of benzene rings is 1. The molecule has 3 nitrogen and oxygen atoms in total. The summed E-state index contributed by atoms with van der Waals surface area (Å²) in [5.74, 6) is -1.33. The normalized spacial score (nSPS) is 11.9. The van der Waals surface area contributed by atoms with Crippen molar-refractivity contribution in [2.45, 2.75) is 19.3 Å². The fourth-order valence-electron chi connectivity index (χ4n) is 1.82. The predicted octanol–water partition coefficient (Wildman–Crippen LogP) is 3.57. The van der Waals surface area contributed by atoms with Gasteiger partial charge < -0.3 is 10.5 Å². The van der Waals surface area contributed by atoms with Gasteiger partial charge in [-0.2, -0.15) is 13.2 Å². The lowest BCUT2D eigenvalue weighted by molar-refractivity contribution is -0.139. The minimum Gasteiger partial charge on any atom is -0.378 e. The zero-order valence-corrected chi connectivity index (χ0v) is 11.8. The summed E-state index contributed by atoms with van der Waals surface area (Å²) in [5, 5.41) is 0.158. The summed E-state index contributed by atoms with van der Waals surface area (Å²) in [6.07, 6.45) is -4.75. The molecule has 0 aliphatic rings. The van der Waals surface area contributed by atoms with Gasteiger partial charge in [0.15, 0.2) is 0 Å². The Balaban J connectivity index is 2.52. The van der Waals surface area contributed by atoms with Crippen LogP contribution in [0.5, 0.6) is 0 Å². The summed E-state index contributed by atoms with van der Waals surface area (Å²) in [6, 6.07) is 3.12. The Morgan fingerprint density at radius 1 is 1.33 bits per heavy atom. The average molecular weight is 320 g/mol. The van der Waals surface area contributed by atoms with Crippen molar-refractivity contribution in [2.24, 2.45) is 5.73 Å². The number of hydrogen-bond acceptors (Lipinski definition) is 4. The van der Waals surface area contributed by atoms with E-state index in [0.29, 0.717) is 16.6 Å². The minimum atomic E-state index is -4.75. The molecular formula is C13H12F4N2OS. The van der Waals surface area contributed by atoms with Crippen molar-refractivity contribution in [3.63, 3.8) is 0 Å². The van der Waals surface area contributed by atoms with Crippen LogP contribution in [0.4, 0.5) is 17.6 Å². The van der Waals surface area contributed by atoms with Crippen molar-refractivity contribution in [1.29, 1.82) is 0 Å². The van der Waals surface area contributed by atoms with Crippen molar-refractivity contribution in [3.05, 3.63) is 40.2 Å². The molecule has 0 amide bonds. The Morgan fingerprint density at radius 2 is 2.05 bits per heavy atom. The molecule has 2 aromatic rings. The number of rotatable bonds is 4. The molecule has 1 heterocycles. The summed E-state index contributed by atoms with van der Waals surface area (Å²) in [6.45, 7) is 0.334. The SMILES string of the molecule is COCc1nc(-c2cccc(C(F)(F)F)c2F)sc1CN. The molecule has 0 aliphatic carbocycles. The molecule has 0 saturated heterocycles. The van der Waals surface area contributed by atoms with Gasteiger partial charge >= 0.3 is 6.18 Å². The maximum absolute atomic E-state index is 14.1. The van der Waals surface area contributed by atoms with Crippen LogP contribution in [0.25, 0.3) is 10.6 Å². The fourth-order valence-corrected chi connectivity index (χ4v) is 2.79. The summed E-state index contributed by atoms with van der Waals surface area (Å²) in [5.41, 5.74) is 4.57. The first-order valence-corrected chi connectivity index (χ1v) is 6.73. The maximum Gasteiger partial charge on any atom is 0.419 e. The smallest absolute Gasteiger partial charge is 0.378 e. The lowest BCUT2D eigenvalue weighted by Crippen LogP contribution is -2.08. The largest absolute Gasteiger partial charge is 0.419 e. The van der Waals surface area contributed by atoms with E-state index in [-0.39, 0.29) is 23.7 Å². The van der Waals surface area contributed by atoms with Crippen molar-refractivity contribution < 1.29 is 22.3 Å². The number of alkyl halides is 3. The Labute approximate surface area is 122 Å². The molecule has 2 N–H and O–H groups in total. The molecule has 2 rings (SSSR count). The molecule has 0 atom stereocenters. The van der Waals surface area contributed by atoms with Crippen LogP contribution in [0.1, 0.15) is 16.1 Å². The summed E-state index contributed by atoms with van der Waals surface area (Å²) < 4.78 is 57.2. The summed E-state index contributed by atoms with van der Waals surface area (Å²) in [4.78, 5) is 4.79. The number of nitrogens with two attached hydrogens (primary N) is 1. The first-order valence-electron chi connectivity index (χ1n) is 5.92. The second kappa shape index (κ2) is 6.08. The summed E-state index contributed by atoms with van der Waals surface area (Å²) >= 11 is 1.06. The maximum atomic E-state index is 14.1. The van der Waals surface area contributed by atoms with E-state index in [2.05, 4.69) is 4.98 Å².